The molecule has 2 N–H and O–H groups in total. The molecule has 0 saturated carbocycles. The van der Waals surface area contributed by atoms with Gasteiger partial charge in [-0.1, -0.05) is 6.92 Å². The predicted octanol–water partition coefficient (Wildman–Crippen LogP) is 1.79. The number of aromatic nitrogens is 2. The fourth-order valence-corrected chi connectivity index (χ4v) is 1.10. The van der Waals surface area contributed by atoms with Crippen LogP contribution in [0.1, 0.15) is 27.2 Å². The van der Waals surface area contributed by atoms with E-state index in [-0.39, 0.29) is 6.54 Å². The molecule has 6 heteroatoms. The largest absolute Gasteiger partial charge is 0.481 e. The van der Waals surface area contributed by atoms with E-state index in [2.05, 4.69) is 15.3 Å². The van der Waals surface area contributed by atoms with Crippen LogP contribution in [0.25, 0.3) is 0 Å². The van der Waals surface area contributed by atoms with Crippen molar-refractivity contribution in [2.45, 2.75) is 27.2 Å². The number of aliphatic carboxylic acids is 1. The van der Waals surface area contributed by atoms with Gasteiger partial charge in [0.25, 0.3) is 0 Å². The second-order valence-corrected chi connectivity index (χ2v) is 4.63. The van der Waals surface area contributed by atoms with Gasteiger partial charge >= 0.3 is 5.97 Å². The third-order valence-electron chi connectivity index (χ3n) is 2.36. The van der Waals surface area contributed by atoms with E-state index in [9.17, 15) is 4.79 Å². The van der Waals surface area contributed by atoms with Gasteiger partial charge in [0.15, 0.2) is 0 Å². The Morgan fingerprint density at radius 2 is 2.22 bits per heavy atom. The van der Waals surface area contributed by atoms with E-state index in [0.29, 0.717) is 18.3 Å². The van der Waals surface area contributed by atoms with Crippen LogP contribution in [0.4, 0.5) is 5.82 Å². The van der Waals surface area contributed by atoms with Crippen molar-refractivity contribution in [3.63, 3.8) is 0 Å². The van der Waals surface area contributed by atoms with Crippen LogP contribution in [0.2, 0.25) is 0 Å². The van der Waals surface area contributed by atoms with Crippen LogP contribution in [0.15, 0.2) is 12.4 Å². The molecule has 0 amide bonds. The molecule has 6 nitrogen and oxygen atoms in total. The maximum atomic E-state index is 10.9. The molecule has 0 aliphatic heterocycles. The number of ether oxygens (including phenoxy) is 1. The number of nitrogens with zero attached hydrogens (tertiary/aromatic N) is 2. The third-order valence-corrected chi connectivity index (χ3v) is 2.36. The van der Waals surface area contributed by atoms with Gasteiger partial charge in [0.2, 0.25) is 5.88 Å². The van der Waals surface area contributed by atoms with Gasteiger partial charge in [0, 0.05) is 6.54 Å². The fraction of sp³-hybridized carbons (Fsp3) is 0.583. The fourth-order valence-electron chi connectivity index (χ4n) is 1.10. The maximum absolute atomic E-state index is 10.9. The van der Waals surface area contributed by atoms with E-state index in [1.807, 2.05) is 6.92 Å². The Kier molecular flexibility index (Phi) is 4.88. The van der Waals surface area contributed by atoms with Crippen LogP contribution < -0.4 is 10.1 Å². The zero-order valence-corrected chi connectivity index (χ0v) is 10.9. The van der Waals surface area contributed by atoms with Crippen LogP contribution in [-0.4, -0.2) is 34.2 Å². The first-order valence-corrected chi connectivity index (χ1v) is 5.88. The first-order valence-electron chi connectivity index (χ1n) is 5.88. The summed E-state index contributed by atoms with van der Waals surface area (Å²) in [5.74, 6) is 0.0919. The van der Waals surface area contributed by atoms with Gasteiger partial charge in [-0.15, -0.1) is 0 Å². The Bertz CT molecular complexity index is 407. The summed E-state index contributed by atoms with van der Waals surface area (Å²) in [5.41, 5.74) is -0.859. The molecule has 1 aromatic rings. The molecule has 1 aromatic heterocycles. The van der Waals surface area contributed by atoms with Crippen molar-refractivity contribution >= 4 is 11.8 Å². The highest BCUT2D eigenvalue weighted by Crippen LogP contribution is 2.17. The average molecular weight is 253 g/mol. The van der Waals surface area contributed by atoms with E-state index < -0.39 is 11.4 Å². The van der Waals surface area contributed by atoms with Crippen LogP contribution in [0.5, 0.6) is 5.88 Å². The van der Waals surface area contributed by atoms with Gasteiger partial charge < -0.3 is 15.2 Å². The molecule has 0 saturated heterocycles. The summed E-state index contributed by atoms with van der Waals surface area (Å²) in [5, 5.41) is 11.9. The van der Waals surface area contributed by atoms with Gasteiger partial charge in [-0.25, -0.2) is 0 Å². The van der Waals surface area contributed by atoms with Crippen molar-refractivity contribution in [2.24, 2.45) is 5.41 Å². The van der Waals surface area contributed by atoms with E-state index in [0.717, 1.165) is 6.42 Å². The van der Waals surface area contributed by atoms with Gasteiger partial charge in [0.05, 0.1) is 24.4 Å². The summed E-state index contributed by atoms with van der Waals surface area (Å²) < 4.78 is 5.35. The summed E-state index contributed by atoms with van der Waals surface area (Å²) in [6.07, 6.45) is 3.96. The minimum Gasteiger partial charge on any atom is -0.481 e. The van der Waals surface area contributed by atoms with Crippen LogP contribution in [0, 0.1) is 5.41 Å². The van der Waals surface area contributed by atoms with E-state index in [4.69, 9.17) is 9.84 Å². The van der Waals surface area contributed by atoms with E-state index in [1.54, 1.807) is 13.8 Å². The summed E-state index contributed by atoms with van der Waals surface area (Å²) in [4.78, 5) is 19.1. The maximum Gasteiger partial charge on any atom is 0.310 e. The van der Waals surface area contributed by atoms with Gasteiger partial charge in [-0.2, -0.15) is 4.98 Å². The lowest BCUT2D eigenvalue weighted by atomic mass is 9.94. The molecule has 0 aliphatic rings. The van der Waals surface area contributed by atoms with E-state index in [1.165, 1.54) is 12.4 Å². The highest BCUT2D eigenvalue weighted by Gasteiger charge is 2.26. The number of carboxylic acid groups (broad SMARTS) is 1. The second kappa shape index (κ2) is 6.18. The summed E-state index contributed by atoms with van der Waals surface area (Å²) >= 11 is 0. The van der Waals surface area contributed by atoms with Gasteiger partial charge in [-0.05, 0) is 20.3 Å². The monoisotopic (exact) mass is 253 g/mol. The summed E-state index contributed by atoms with van der Waals surface area (Å²) in [6, 6.07) is 0. The zero-order valence-electron chi connectivity index (χ0n) is 10.9. The molecular weight excluding hydrogens is 234 g/mol. The standard InChI is InChI=1S/C12H19N3O3/c1-4-5-18-10-7-13-6-9(15-10)14-8-12(2,3)11(16)17/h6-7H,4-5,8H2,1-3H3,(H,14,15)(H,16,17). The molecule has 1 rings (SSSR count). The van der Waals surface area contributed by atoms with E-state index >= 15 is 0 Å². The van der Waals surface area contributed by atoms with Crippen molar-refractivity contribution in [2.75, 3.05) is 18.5 Å². The zero-order chi connectivity index (χ0) is 13.6. The molecule has 0 atom stereocenters. The van der Waals surface area contributed by atoms with Gasteiger partial charge in [0.1, 0.15) is 5.82 Å². The first kappa shape index (κ1) is 14.2. The minimum absolute atomic E-state index is 0.272. The quantitative estimate of drug-likeness (QED) is 0.770. The molecular formula is C12H19N3O3. The molecule has 0 bridgehead atoms. The first-order chi connectivity index (χ1) is 8.45. The molecule has 0 spiro atoms. The molecule has 1 heterocycles. The smallest absolute Gasteiger partial charge is 0.310 e. The number of rotatable bonds is 7. The SMILES string of the molecule is CCCOc1cncc(NCC(C)(C)C(=O)O)n1. The topological polar surface area (TPSA) is 84.3 Å². The van der Waals surface area contributed by atoms with Crippen molar-refractivity contribution in [1.29, 1.82) is 0 Å². The Hall–Kier alpha value is -1.85. The Balaban J connectivity index is 2.60. The molecule has 0 radical (unpaired) electrons. The third kappa shape index (κ3) is 4.20. The van der Waals surface area contributed by atoms with Crippen LogP contribution >= 0.6 is 0 Å². The molecule has 0 fully saturated rings. The normalized spacial score (nSPS) is 11.1. The van der Waals surface area contributed by atoms with Crippen LogP contribution in [-0.2, 0) is 4.79 Å². The minimum atomic E-state index is -0.860. The van der Waals surface area contributed by atoms with Crippen molar-refractivity contribution < 1.29 is 14.6 Å². The number of anilines is 1. The number of carboxylic acids is 1. The van der Waals surface area contributed by atoms with Crippen molar-refractivity contribution in [3.8, 4) is 5.88 Å². The summed E-state index contributed by atoms with van der Waals surface area (Å²) in [7, 11) is 0. The van der Waals surface area contributed by atoms with Crippen molar-refractivity contribution in [1.82, 2.24) is 9.97 Å². The number of hydrogen-bond acceptors (Lipinski definition) is 5. The van der Waals surface area contributed by atoms with Crippen molar-refractivity contribution in [3.05, 3.63) is 12.4 Å². The molecule has 0 aromatic carbocycles. The highest BCUT2D eigenvalue weighted by atomic mass is 16.5. The number of nitrogens with one attached hydrogen (secondary N) is 1. The Morgan fingerprint density at radius 3 is 2.83 bits per heavy atom. The molecule has 0 unspecified atom stereocenters. The average Bonchev–Trinajstić information content (AvgIpc) is 2.34. The lowest BCUT2D eigenvalue weighted by Gasteiger charge is -2.19. The van der Waals surface area contributed by atoms with Gasteiger partial charge in [-0.3, -0.25) is 9.78 Å². The predicted molar refractivity (Wildman–Crippen MR) is 67.7 cm³/mol. The Morgan fingerprint density at radius 1 is 1.50 bits per heavy atom. The molecule has 0 aliphatic carbocycles. The second-order valence-electron chi connectivity index (χ2n) is 4.63. The number of carbonyl (C=O) groups is 1. The number of hydrogen-bond donors (Lipinski definition) is 2. The molecule has 100 valence electrons. The lowest BCUT2D eigenvalue weighted by Crippen LogP contribution is -2.32. The summed E-state index contributed by atoms with van der Waals surface area (Å²) in [6.45, 7) is 6.15. The Labute approximate surface area is 106 Å². The van der Waals surface area contributed by atoms with Crippen LogP contribution in [0.3, 0.4) is 0 Å². The lowest BCUT2D eigenvalue weighted by molar-refractivity contribution is -0.146. The highest BCUT2D eigenvalue weighted by molar-refractivity contribution is 5.74. The molecule has 18 heavy (non-hydrogen) atoms.